The van der Waals surface area contributed by atoms with Crippen molar-refractivity contribution in [1.29, 1.82) is 0 Å². The third-order valence-electron chi connectivity index (χ3n) is 3.47. The second kappa shape index (κ2) is 7.79. The van der Waals surface area contributed by atoms with E-state index in [2.05, 4.69) is 17.2 Å². The Hall–Kier alpha value is -1.87. The molecule has 1 heterocycles. The highest BCUT2D eigenvalue weighted by Crippen LogP contribution is 2.18. The molecule has 1 N–H and O–H groups in total. The average Bonchev–Trinajstić information content (AvgIpc) is 2.88. The van der Waals surface area contributed by atoms with Gasteiger partial charge in [0.15, 0.2) is 0 Å². The van der Waals surface area contributed by atoms with E-state index in [0.717, 1.165) is 0 Å². The molecule has 6 nitrogen and oxygen atoms in total. The molecule has 0 aromatic rings. The molecule has 0 spiro atoms. The minimum Gasteiger partial charge on any atom is -0.392 e. The van der Waals surface area contributed by atoms with Gasteiger partial charge in [0.2, 0.25) is 0 Å². The van der Waals surface area contributed by atoms with Gasteiger partial charge in [-0.3, -0.25) is 9.59 Å². The topological polar surface area (TPSA) is 75.7 Å². The van der Waals surface area contributed by atoms with E-state index in [9.17, 15) is 14.4 Å². The van der Waals surface area contributed by atoms with Crippen LogP contribution in [-0.2, 0) is 19.1 Å². The molecule has 21 heavy (non-hydrogen) atoms. The summed E-state index contributed by atoms with van der Waals surface area (Å²) in [6.45, 7) is 6.04. The van der Waals surface area contributed by atoms with Gasteiger partial charge in [-0.2, -0.15) is 0 Å². The average molecular weight is 294 g/mol. The van der Waals surface area contributed by atoms with E-state index >= 15 is 0 Å². The maximum absolute atomic E-state index is 12.0. The SMILES string of the molecule is CC#CC(=O)N1CC[C@H](C(=O)OC(=O)[C@@H](NC)C(C)C)C1. The van der Waals surface area contributed by atoms with Crippen LogP contribution in [0.5, 0.6) is 0 Å². The molecule has 1 amide bonds. The van der Waals surface area contributed by atoms with Gasteiger partial charge in [0.1, 0.15) is 6.04 Å². The maximum atomic E-state index is 12.0. The van der Waals surface area contributed by atoms with Gasteiger partial charge in [-0.05, 0) is 32.2 Å². The Labute approximate surface area is 125 Å². The smallest absolute Gasteiger partial charge is 0.331 e. The van der Waals surface area contributed by atoms with E-state index in [1.165, 1.54) is 4.90 Å². The predicted molar refractivity (Wildman–Crippen MR) is 76.9 cm³/mol. The largest absolute Gasteiger partial charge is 0.392 e. The van der Waals surface area contributed by atoms with Crippen molar-refractivity contribution in [3.8, 4) is 11.8 Å². The first-order valence-electron chi connectivity index (χ1n) is 7.05. The fourth-order valence-electron chi connectivity index (χ4n) is 2.29. The number of likely N-dealkylation sites (tertiary alicyclic amines) is 1. The molecule has 0 radical (unpaired) electrons. The van der Waals surface area contributed by atoms with Crippen molar-refractivity contribution in [2.45, 2.75) is 33.2 Å². The third kappa shape index (κ3) is 4.57. The second-order valence-electron chi connectivity index (χ2n) is 5.36. The fourth-order valence-corrected chi connectivity index (χ4v) is 2.29. The molecule has 0 unspecified atom stereocenters. The van der Waals surface area contributed by atoms with Crippen LogP contribution in [0.15, 0.2) is 0 Å². The van der Waals surface area contributed by atoms with Gasteiger partial charge >= 0.3 is 11.9 Å². The van der Waals surface area contributed by atoms with Gasteiger partial charge in [0, 0.05) is 13.1 Å². The summed E-state index contributed by atoms with van der Waals surface area (Å²) in [4.78, 5) is 37.0. The van der Waals surface area contributed by atoms with Gasteiger partial charge in [-0.25, -0.2) is 4.79 Å². The van der Waals surface area contributed by atoms with E-state index in [0.29, 0.717) is 13.0 Å². The van der Waals surface area contributed by atoms with Gasteiger partial charge in [0.25, 0.3) is 5.91 Å². The lowest BCUT2D eigenvalue weighted by Gasteiger charge is -2.18. The van der Waals surface area contributed by atoms with E-state index < -0.39 is 23.9 Å². The number of ether oxygens (including phenoxy) is 1. The molecular formula is C15H22N2O4. The Kier molecular flexibility index (Phi) is 6.38. The Balaban J connectivity index is 2.55. The van der Waals surface area contributed by atoms with Crippen molar-refractivity contribution >= 4 is 17.8 Å². The third-order valence-corrected chi connectivity index (χ3v) is 3.47. The Bertz CT molecular complexity index is 476. The lowest BCUT2D eigenvalue weighted by atomic mass is 10.0. The van der Waals surface area contributed by atoms with Crippen LogP contribution < -0.4 is 5.32 Å². The summed E-state index contributed by atoms with van der Waals surface area (Å²) >= 11 is 0. The van der Waals surface area contributed by atoms with Crippen LogP contribution in [0.4, 0.5) is 0 Å². The monoisotopic (exact) mass is 294 g/mol. The highest BCUT2D eigenvalue weighted by atomic mass is 16.6. The summed E-state index contributed by atoms with van der Waals surface area (Å²) in [6.07, 6.45) is 0.495. The number of carbonyl (C=O) groups is 3. The van der Waals surface area contributed by atoms with Crippen molar-refractivity contribution in [3.63, 3.8) is 0 Å². The minimum atomic E-state index is -0.573. The van der Waals surface area contributed by atoms with Crippen LogP contribution in [0, 0.1) is 23.7 Å². The van der Waals surface area contributed by atoms with Crippen LogP contribution in [0.2, 0.25) is 0 Å². The molecule has 0 aliphatic carbocycles. The van der Waals surface area contributed by atoms with Crippen LogP contribution in [-0.4, -0.2) is 48.9 Å². The molecule has 1 saturated heterocycles. The molecule has 0 aromatic carbocycles. The maximum Gasteiger partial charge on any atom is 0.331 e. The fraction of sp³-hybridized carbons (Fsp3) is 0.667. The summed E-state index contributed by atoms with van der Waals surface area (Å²) in [5.41, 5.74) is 0. The Morgan fingerprint density at radius 2 is 2.00 bits per heavy atom. The summed E-state index contributed by atoms with van der Waals surface area (Å²) < 4.78 is 4.92. The second-order valence-corrected chi connectivity index (χ2v) is 5.36. The van der Waals surface area contributed by atoms with Gasteiger partial charge in [-0.15, -0.1) is 0 Å². The summed E-state index contributed by atoms with van der Waals surface area (Å²) in [5.74, 6) is 3.10. The normalized spacial score (nSPS) is 18.9. The zero-order valence-corrected chi connectivity index (χ0v) is 12.9. The molecular weight excluding hydrogens is 272 g/mol. The predicted octanol–water partition coefficient (Wildman–Crippen LogP) is 0.172. The first-order valence-corrected chi connectivity index (χ1v) is 7.05. The molecule has 0 saturated carbocycles. The molecule has 1 aliphatic heterocycles. The zero-order valence-electron chi connectivity index (χ0n) is 12.9. The molecule has 0 bridgehead atoms. The van der Waals surface area contributed by atoms with Crippen molar-refractivity contribution in [2.75, 3.05) is 20.1 Å². The van der Waals surface area contributed by atoms with Crippen LogP contribution >= 0.6 is 0 Å². The number of hydrogen-bond acceptors (Lipinski definition) is 5. The number of carbonyl (C=O) groups excluding carboxylic acids is 3. The van der Waals surface area contributed by atoms with Crippen molar-refractivity contribution < 1.29 is 19.1 Å². The number of esters is 2. The van der Waals surface area contributed by atoms with E-state index in [-0.39, 0.29) is 18.4 Å². The van der Waals surface area contributed by atoms with Crippen molar-refractivity contribution in [2.24, 2.45) is 11.8 Å². The molecule has 1 rings (SSSR count). The lowest BCUT2D eigenvalue weighted by Crippen LogP contribution is -2.41. The lowest BCUT2D eigenvalue weighted by molar-refractivity contribution is -0.164. The number of rotatable bonds is 4. The molecule has 1 aliphatic rings. The first-order chi connectivity index (χ1) is 9.90. The summed E-state index contributed by atoms with van der Waals surface area (Å²) in [7, 11) is 1.65. The summed E-state index contributed by atoms with van der Waals surface area (Å²) in [6, 6.07) is -0.515. The number of nitrogens with zero attached hydrogens (tertiary/aromatic N) is 1. The highest BCUT2D eigenvalue weighted by Gasteiger charge is 2.34. The van der Waals surface area contributed by atoms with E-state index in [4.69, 9.17) is 4.74 Å². The molecule has 116 valence electrons. The quantitative estimate of drug-likeness (QED) is 0.454. The molecule has 6 heteroatoms. The van der Waals surface area contributed by atoms with E-state index in [1.807, 2.05) is 13.8 Å². The van der Waals surface area contributed by atoms with Crippen LogP contribution in [0.3, 0.4) is 0 Å². The number of nitrogens with one attached hydrogen (secondary N) is 1. The van der Waals surface area contributed by atoms with Crippen molar-refractivity contribution in [1.82, 2.24) is 10.2 Å². The molecule has 0 aromatic heterocycles. The number of amides is 1. The Morgan fingerprint density at radius 3 is 2.52 bits per heavy atom. The Morgan fingerprint density at radius 1 is 1.33 bits per heavy atom. The van der Waals surface area contributed by atoms with Crippen molar-refractivity contribution in [3.05, 3.63) is 0 Å². The number of likely N-dealkylation sites (N-methyl/N-ethyl adjacent to an activating group) is 1. The highest BCUT2D eigenvalue weighted by molar-refractivity contribution is 5.95. The van der Waals surface area contributed by atoms with E-state index in [1.54, 1.807) is 14.0 Å². The van der Waals surface area contributed by atoms with Gasteiger partial charge in [-0.1, -0.05) is 19.8 Å². The minimum absolute atomic E-state index is 0.0248. The summed E-state index contributed by atoms with van der Waals surface area (Å²) in [5, 5.41) is 2.83. The van der Waals surface area contributed by atoms with Gasteiger partial charge < -0.3 is 15.0 Å². The van der Waals surface area contributed by atoms with Crippen LogP contribution in [0.1, 0.15) is 27.2 Å². The van der Waals surface area contributed by atoms with Gasteiger partial charge in [0.05, 0.1) is 5.92 Å². The molecule has 1 fully saturated rings. The van der Waals surface area contributed by atoms with Crippen LogP contribution in [0.25, 0.3) is 0 Å². The first kappa shape index (κ1) is 17.2. The zero-order chi connectivity index (χ0) is 16.0. The standard InChI is InChI=1S/C15H22N2O4/c1-5-6-12(18)17-8-7-11(9-17)14(19)21-15(20)13(16-4)10(2)3/h10-11,13,16H,7-9H2,1-4H3/t11-,13-/m0/s1. The number of hydrogen-bond donors (Lipinski definition) is 1. The molecule has 2 atom stereocenters.